The fourth-order valence-corrected chi connectivity index (χ4v) is 1.45. The Balaban J connectivity index is 2.69. The first-order valence-electron chi connectivity index (χ1n) is 5.44. The summed E-state index contributed by atoms with van der Waals surface area (Å²) in [5.41, 5.74) is 0.0187. The average molecular weight is 309 g/mol. The van der Waals surface area contributed by atoms with Crippen LogP contribution in [0.15, 0.2) is 34.6 Å². The third kappa shape index (κ3) is 4.55. The quantitative estimate of drug-likeness (QED) is 0.645. The molecule has 1 amide bonds. The molecule has 1 heterocycles. The molecule has 18 heavy (non-hydrogen) atoms. The molecule has 0 radical (unpaired) electrons. The van der Waals surface area contributed by atoms with Gasteiger partial charge in [0.05, 0.1) is 0 Å². The summed E-state index contributed by atoms with van der Waals surface area (Å²) in [6, 6.07) is 5.37. The monoisotopic (exact) mass is 308 g/mol. The molecule has 0 unspecified atom stereocenters. The number of rotatable bonds is 5. The van der Waals surface area contributed by atoms with Crippen LogP contribution in [0.2, 0.25) is 0 Å². The van der Waals surface area contributed by atoms with Crippen molar-refractivity contribution in [2.45, 2.75) is 13.3 Å². The van der Waals surface area contributed by atoms with Crippen molar-refractivity contribution < 1.29 is 4.79 Å². The summed E-state index contributed by atoms with van der Waals surface area (Å²) >= 11 is 3.30. The van der Waals surface area contributed by atoms with Gasteiger partial charge in [-0.3, -0.25) is 4.79 Å². The molecule has 94 valence electrons. The zero-order valence-electron chi connectivity index (χ0n) is 9.90. The van der Waals surface area contributed by atoms with Crippen LogP contribution < -0.4 is 10.6 Å². The lowest BCUT2D eigenvalue weighted by Gasteiger charge is -2.03. The van der Waals surface area contributed by atoms with Gasteiger partial charge < -0.3 is 10.6 Å². The SMILES string of the molecule is CCCNC(=O)/C(C#N)=C\Nc1cc(Br)ccn1. The second-order valence-electron chi connectivity index (χ2n) is 3.43. The van der Waals surface area contributed by atoms with Crippen molar-refractivity contribution in [1.29, 1.82) is 5.26 Å². The van der Waals surface area contributed by atoms with E-state index in [1.165, 1.54) is 6.20 Å². The number of hydrogen-bond donors (Lipinski definition) is 2. The fourth-order valence-electron chi connectivity index (χ4n) is 1.11. The van der Waals surface area contributed by atoms with Gasteiger partial charge in [-0.1, -0.05) is 22.9 Å². The van der Waals surface area contributed by atoms with E-state index in [2.05, 4.69) is 31.5 Å². The molecule has 0 aliphatic carbocycles. The van der Waals surface area contributed by atoms with Crippen LogP contribution in [-0.4, -0.2) is 17.4 Å². The minimum absolute atomic E-state index is 0.0187. The van der Waals surface area contributed by atoms with Gasteiger partial charge in [0.25, 0.3) is 5.91 Å². The highest BCUT2D eigenvalue weighted by molar-refractivity contribution is 9.10. The number of hydrogen-bond acceptors (Lipinski definition) is 4. The Morgan fingerprint density at radius 2 is 2.44 bits per heavy atom. The summed E-state index contributed by atoms with van der Waals surface area (Å²) in [5, 5.41) is 14.3. The maximum absolute atomic E-state index is 11.5. The predicted molar refractivity (Wildman–Crippen MR) is 72.6 cm³/mol. The third-order valence-electron chi connectivity index (χ3n) is 1.99. The molecule has 0 atom stereocenters. The van der Waals surface area contributed by atoms with E-state index in [1.807, 2.05) is 13.0 Å². The zero-order chi connectivity index (χ0) is 13.4. The van der Waals surface area contributed by atoms with Crippen LogP contribution in [-0.2, 0) is 4.79 Å². The van der Waals surface area contributed by atoms with Crippen LogP contribution in [0.5, 0.6) is 0 Å². The predicted octanol–water partition coefficient (Wildman–Crippen LogP) is 2.19. The van der Waals surface area contributed by atoms with Crippen molar-refractivity contribution in [1.82, 2.24) is 10.3 Å². The van der Waals surface area contributed by atoms with Gasteiger partial charge in [-0.2, -0.15) is 5.26 Å². The molecule has 0 aromatic carbocycles. The maximum Gasteiger partial charge on any atom is 0.263 e. The first-order chi connectivity index (χ1) is 8.67. The fraction of sp³-hybridized carbons (Fsp3) is 0.250. The second-order valence-corrected chi connectivity index (χ2v) is 4.35. The molecule has 0 spiro atoms. The number of nitriles is 1. The van der Waals surface area contributed by atoms with E-state index in [0.717, 1.165) is 10.9 Å². The van der Waals surface area contributed by atoms with E-state index >= 15 is 0 Å². The molecule has 0 aliphatic heterocycles. The van der Waals surface area contributed by atoms with Crippen LogP contribution >= 0.6 is 15.9 Å². The molecule has 1 aromatic heterocycles. The van der Waals surface area contributed by atoms with Crippen molar-refractivity contribution in [3.05, 3.63) is 34.6 Å². The van der Waals surface area contributed by atoms with Gasteiger partial charge in [-0.05, 0) is 18.6 Å². The number of carbonyl (C=O) groups excluding carboxylic acids is 1. The number of carbonyl (C=O) groups is 1. The van der Waals surface area contributed by atoms with E-state index in [-0.39, 0.29) is 11.5 Å². The Morgan fingerprint density at radius 1 is 1.67 bits per heavy atom. The normalized spacial score (nSPS) is 10.6. The van der Waals surface area contributed by atoms with Gasteiger partial charge in [0.2, 0.25) is 0 Å². The summed E-state index contributed by atoms with van der Waals surface area (Å²) < 4.78 is 0.863. The lowest BCUT2D eigenvalue weighted by molar-refractivity contribution is -0.117. The largest absolute Gasteiger partial charge is 0.351 e. The van der Waals surface area contributed by atoms with Crippen molar-refractivity contribution in [2.24, 2.45) is 0 Å². The Morgan fingerprint density at radius 3 is 3.06 bits per heavy atom. The van der Waals surface area contributed by atoms with E-state index < -0.39 is 0 Å². The first-order valence-corrected chi connectivity index (χ1v) is 6.23. The molecule has 5 nitrogen and oxygen atoms in total. The molecular formula is C12H13BrN4O. The topological polar surface area (TPSA) is 77.8 Å². The highest BCUT2D eigenvalue weighted by Crippen LogP contribution is 2.12. The summed E-state index contributed by atoms with van der Waals surface area (Å²) in [6.07, 6.45) is 3.79. The number of anilines is 1. The van der Waals surface area contributed by atoms with Crippen LogP contribution in [0.4, 0.5) is 5.82 Å². The van der Waals surface area contributed by atoms with Crippen molar-refractivity contribution in [3.8, 4) is 6.07 Å². The average Bonchev–Trinajstić information content (AvgIpc) is 2.37. The van der Waals surface area contributed by atoms with Gasteiger partial charge in [0, 0.05) is 23.4 Å². The van der Waals surface area contributed by atoms with Gasteiger partial charge in [0.1, 0.15) is 17.5 Å². The number of nitrogens with one attached hydrogen (secondary N) is 2. The van der Waals surface area contributed by atoms with Crippen LogP contribution in [0.1, 0.15) is 13.3 Å². The number of halogens is 1. The Bertz CT molecular complexity index is 493. The Hall–Kier alpha value is -1.87. The number of pyridine rings is 1. The lowest BCUT2D eigenvalue weighted by atomic mass is 10.3. The molecule has 0 fully saturated rings. The molecule has 0 aliphatic rings. The minimum atomic E-state index is -0.387. The summed E-state index contributed by atoms with van der Waals surface area (Å²) in [5.74, 6) is 0.169. The van der Waals surface area contributed by atoms with Crippen LogP contribution in [0, 0.1) is 11.3 Å². The highest BCUT2D eigenvalue weighted by Gasteiger charge is 2.07. The lowest BCUT2D eigenvalue weighted by Crippen LogP contribution is -2.25. The maximum atomic E-state index is 11.5. The van der Waals surface area contributed by atoms with E-state index in [9.17, 15) is 4.79 Å². The van der Waals surface area contributed by atoms with Crippen LogP contribution in [0.3, 0.4) is 0 Å². The molecule has 0 bridgehead atoms. The van der Waals surface area contributed by atoms with Crippen molar-refractivity contribution >= 4 is 27.7 Å². The summed E-state index contributed by atoms with van der Waals surface area (Å²) in [4.78, 5) is 15.6. The van der Waals surface area contributed by atoms with Gasteiger partial charge in [-0.25, -0.2) is 4.98 Å². The first kappa shape index (κ1) is 14.2. The van der Waals surface area contributed by atoms with E-state index in [4.69, 9.17) is 5.26 Å². The van der Waals surface area contributed by atoms with Gasteiger partial charge in [-0.15, -0.1) is 0 Å². The van der Waals surface area contributed by atoms with E-state index in [1.54, 1.807) is 18.3 Å². The molecule has 2 N–H and O–H groups in total. The summed E-state index contributed by atoms with van der Waals surface area (Å²) in [6.45, 7) is 2.49. The van der Waals surface area contributed by atoms with Gasteiger partial charge >= 0.3 is 0 Å². The molecular weight excluding hydrogens is 296 g/mol. The standard InChI is InChI=1S/C12H13BrN4O/c1-2-4-16-12(18)9(7-14)8-17-11-6-10(13)3-5-15-11/h3,5-6,8H,2,4H2,1H3,(H,15,17)(H,16,18)/b9-8-. The number of aromatic nitrogens is 1. The zero-order valence-corrected chi connectivity index (χ0v) is 11.5. The summed E-state index contributed by atoms with van der Waals surface area (Å²) in [7, 11) is 0. The van der Waals surface area contributed by atoms with Gasteiger partial charge in [0.15, 0.2) is 0 Å². The minimum Gasteiger partial charge on any atom is -0.351 e. The number of nitrogens with zero attached hydrogens (tertiary/aromatic N) is 2. The molecule has 0 saturated heterocycles. The molecule has 1 rings (SSSR count). The van der Waals surface area contributed by atoms with E-state index in [0.29, 0.717) is 12.4 Å². The second kappa shape index (κ2) is 7.45. The molecule has 0 saturated carbocycles. The third-order valence-corrected chi connectivity index (χ3v) is 2.48. The Labute approximate surface area is 114 Å². The molecule has 6 heteroatoms. The van der Waals surface area contributed by atoms with Crippen LogP contribution in [0.25, 0.3) is 0 Å². The van der Waals surface area contributed by atoms with Crippen molar-refractivity contribution in [2.75, 3.05) is 11.9 Å². The van der Waals surface area contributed by atoms with Crippen molar-refractivity contribution in [3.63, 3.8) is 0 Å². The number of amides is 1. The smallest absolute Gasteiger partial charge is 0.263 e. The Kier molecular flexibility index (Phi) is 5.88. The highest BCUT2D eigenvalue weighted by atomic mass is 79.9. The molecule has 1 aromatic rings.